The minimum atomic E-state index is -0.476. The van der Waals surface area contributed by atoms with Crippen molar-refractivity contribution in [2.75, 3.05) is 6.61 Å². The van der Waals surface area contributed by atoms with Gasteiger partial charge in [0.1, 0.15) is 12.2 Å². The number of nitrogens with zero attached hydrogens (tertiary/aromatic N) is 1. The van der Waals surface area contributed by atoms with Crippen molar-refractivity contribution < 1.29 is 14.3 Å². The maximum Gasteiger partial charge on any atom is 0.249 e. The van der Waals surface area contributed by atoms with E-state index in [2.05, 4.69) is 15.8 Å². The highest BCUT2D eigenvalue weighted by molar-refractivity contribution is 5.97. The monoisotopic (exact) mass is 339 g/mol. The van der Waals surface area contributed by atoms with E-state index in [1.54, 1.807) is 0 Å². The number of amides is 2. The number of hydrazone groups is 1. The molecule has 0 spiro atoms. The number of ether oxygens (including phenoxy) is 1. The molecule has 0 fully saturated rings. The third-order valence-electron chi connectivity index (χ3n) is 3.27. The highest BCUT2D eigenvalue weighted by atomic mass is 16.5. The standard InChI is InChI=1S/C19H21N3O3/c1-2-25-17-11-7-6-10-16(17)14-21-22-19(24)12-18(23)20-13-15-8-4-3-5-9-15/h3-11,14H,2,12-13H2,1H3,(H,20,23)(H,22,24)/b21-14+. The number of carbonyl (C=O) groups is 2. The van der Waals surface area contributed by atoms with Crippen LogP contribution < -0.4 is 15.5 Å². The van der Waals surface area contributed by atoms with Gasteiger partial charge in [-0.15, -0.1) is 0 Å². The van der Waals surface area contributed by atoms with Gasteiger partial charge in [0.05, 0.1) is 12.8 Å². The van der Waals surface area contributed by atoms with Crippen LogP contribution in [0.4, 0.5) is 0 Å². The summed E-state index contributed by atoms with van der Waals surface area (Å²) in [6.07, 6.45) is 1.21. The average Bonchev–Trinajstić information content (AvgIpc) is 2.62. The van der Waals surface area contributed by atoms with Gasteiger partial charge >= 0.3 is 0 Å². The molecule has 0 aliphatic rings. The third kappa shape index (κ3) is 6.47. The fourth-order valence-electron chi connectivity index (χ4n) is 2.09. The Balaban J connectivity index is 1.77. The molecule has 0 aromatic heterocycles. The highest BCUT2D eigenvalue weighted by Crippen LogP contribution is 2.15. The fraction of sp³-hybridized carbons (Fsp3) is 0.211. The molecule has 25 heavy (non-hydrogen) atoms. The summed E-state index contributed by atoms with van der Waals surface area (Å²) >= 11 is 0. The molecule has 2 N–H and O–H groups in total. The molecule has 2 aromatic rings. The van der Waals surface area contributed by atoms with Crippen molar-refractivity contribution in [3.05, 3.63) is 65.7 Å². The Morgan fingerprint density at radius 1 is 1.04 bits per heavy atom. The predicted molar refractivity (Wildman–Crippen MR) is 96.3 cm³/mol. The van der Waals surface area contributed by atoms with Gasteiger partial charge in [-0.2, -0.15) is 5.10 Å². The van der Waals surface area contributed by atoms with Crippen LogP contribution in [0.5, 0.6) is 5.75 Å². The summed E-state index contributed by atoms with van der Waals surface area (Å²) in [5, 5.41) is 6.56. The second-order valence-corrected chi connectivity index (χ2v) is 5.20. The number of hydrogen-bond acceptors (Lipinski definition) is 4. The molecule has 2 rings (SSSR count). The molecule has 6 nitrogen and oxygen atoms in total. The topological polar surface area (TPSA) is 79.8 Å². The Kier molecular flexibility index (Phi) is 7.18. The summed E-state index contributed by atoms with van der Waals surface area (Å²) in [4.78, 5) is 23.5. The van der Waals surface area contributed by atoms with Crippen LogP contribution in [0, 0.1) is 0 Å². The third-order valence-corrected chi connectivity index (χ3v) is 3.27. The van der Waals surface area contributed by atoms with Gasteiger partial charge in [-0.25, -0.2) is 5.43 Å². The summed E-state index contributed by atoms with van der Waals surface area (Å²) in [5.74, 6) is -0.148. The van der Waals surface area contributed by atoms with Gasteiger partial charge in [-0.3, -0.25) is 9.59 Å². The molecule has 6 heteroatoms. The Labute approximate surface area is 146 Å². The number of carbonyl (C=O) groups excluding carboxylic acids is 2. The van der Waals surface area contributed by atoms with Crippen LogP contribution >= 0.6 is 0 Å². The first-order valence-electron chi connectivity index (χ1n) is 8.03. The maximum absolute atomic E-state index is 11.8. The highest BCUT2D eigenvalue weighted by Gasteiger charge is 2.08. The molecule has 0 unspecified atom stereocenters. The number of hydrogen-bond donors (Lipinski definition) is 2. The lowest BCUT2D eigenvalue weighted by atomic mass is 10.2. The van der Waals surface area contributed by atoms with Crippen LogP contribution in [0.15, 0.2) is 59.7 Å². The largest absolute Gasteiger partial charge is 0.493 e. The van der Waals surface area contributed by atoms with Crippen molar-refractivity contribution >= 4 is 18.0 Å². The zero-order valence-electron chi connectivity index (χ0n) is 14.1. The first-order valence-corrected chi connectivity index (χ1v) is 8.03. The quantitative estimate of drug-likeness (QED) is 0.440. The summed E-state index contributed by atoms with van der Waals surface area (Å²) in [6.45, 7) is 2.82. The average molecular weight is 339 g/mol. The lowest BCUT2D eigenvalue weighted by molar-refractivity contribution is -0.129. The first kappa shape index (κ1) is 18.2. The predicted octanol–water partition coefficient (Wildman–Crippen LogP) is 2.24. The molecule has 0 radical (unpaired) electrons. The van der Waals surface area contributed by atoms with Gasteiger partial charge in [0.2, 0.25) is 11.8 Å². The maximum atomic E-state index is 11.8. The number of nitrogens with one attached hydrogen (secondary N) is 2. The number of rotatable bonds is 8. The minimum Gasteiger partial charge on any atom is -0.493 e. The van der Waals surface area contributed by atoms with Crippen molar-refractivity contribution in [2.45, 2.75) is 19.9 Å². The molecule has 0 atom stereocenters. The van der Waals surface area contributed by atoms with E-state index in [0.717, 1.165) is 11.1 Å². The van der Waals surface area contributed by atoms with Crippen LogP contribution in [0.2, 0.25) is 0 Å². The summed E-state index contributed by atoms with van der Waals surface area (Å²) in [6, 6.07) is 16.9. The lowest BCUT2D eigenvalue weighted by Gasteiger charge is -2.06. The molecule has 0 aliphatic heterocycles. The van der Waals surface area contributed by atoms with Crippen LogP contribution in [0.25, 0.3) is 0 Å². The van der Waals surface area contributed by atoms with E-state index < -0.39 is 5.91 Å². The zero-order chi connectivity index (χ0) is 17.9. The van der Waals surface area contributed by atoms with Gasteiger partial charge in [-0.05, 0) is 24.6 Å². The van der Waals surface area contributed by atoms with Gasteiger partial charge in [-0.1, -0.05) is 42.5 Å². The molecule has 130 valence electrons. The summed E-state index contributed by atoms with van der Waals surface area (Å²) in [5.41, 5.74) is 4.07. The number of benzene rings is 2. The molecule has 0 saturated carbocycles. The van der Waals surface area contributed by atoms with E-state index in [1.807, 2.05) is 61.5 Å². The van der Waals surface area contributed by atoms with Crippen molar-refractivity contribution in [1.82, 2.24) is 10.7 Å². The van der Waals surface area contributed by atoms with Crippen molar-refractivity contribution in [3.8, 4) is 5.75 Å². The van der Waals surface area contributed by atoms with Crippen molar-refractivity contribution in [1.29, 1.82) is 0 Å². The lowest BCUT2D eigenvalue weighted by Crippen LogP contribution is -2.29. The van der Waals surface area contributed by atoms with E-state index in [-0.39, 0.29) is 12.3 Å². The van der Waals surface area contributed by atoms with Crippen molar-refractivity contribution in [3.63, 3.8) is 0 Å². The zero-order valence-corrected chi connectivity index (χ0v) is 14.1. The van der Waals surface area contributed by atoms with Gasteiger partial charge in [0.15, 0.2) is 0 Å². The molecular formula is C19H21N3O3. The normalized spacial score (nSPS) is 10.4. The van der Waals surface area contributed by atoms with Crippen LogP contribution in [-0.2, 0) is 16.1 Å². The second kappa shape index (κ2) is 9.87. The van der Waals surface area contributed by atoms with E-state index in [4.69, 9.17) is 4.74 Å². The molecule has 0 heterocycles. The molecule has 2 aromatic carbocycles. The SMILES string of the molecule is CCOc1ccccc1/C=N/NC(=O)CC(=O)NCc1ccccc1. The Hall–Kier alpha value is -3.15. The van der Waals surface area contributed by atoms with Crippen LogP contribution in [0.1, 0.15) is 24.5 Å². The second-order valence-electron chi connectivity index (χ2n) is 5.20. The van der Waals surface area contributed by atoms with Crippen LogP contribution in [0.3, 0.4) is 0 Å². The first-order chi connectivity index (χ1) is 12.2. The fourth-order valence-corrected chi connectivity index (χ4v) is 2.09. The van der Waals surface area contributed by atoms with Crippen molar-refractivity contribution in [2.24, 2.45) is 5.10 Å². The van der Waals surface area contributed by atoms with Gasteiger partial charge in [0.25, 0.3) is 0 Å². The van der Waals surface area contributed by atoms with E-state index >= 15 is 0 Å². The smallest absolute Gasteiger partial charge is 0.249 e. The Morgan fingerprint density at radius 3 is 2.52 bits per heavy atom. The summed E-state index contributed by atoms with van der Waals surface area (Å²) in [7, 11) is 0. The Bertz CT molecular complexity index is 730. The van der Waals surface area contributed by atoms with E-state index in [1.165, 1.54) is 6.21 Å². The molecular weight excluding hydrogens is 318 g/mol. The van der Waals surface area contributed by atoms with Gasteiger partial charge < -0.3 is 10.1 Å². The van der Waals surface area contributed by atoms with Crippen LogP contribution in [-0.4, -0.2) is 24.6 Å². The molecule has 0 saturated heterocycles. The Morgan fingerprint density at radius 2 is 1.76 bits per heavy atom. The number of para-hydroxylation sites is 1. The van der Waals surface area contributed by atoms with Gasteiger partial charge in [0, 0.05) is 12.1 Å². The minimum absolute atomic E-state index is 0.280. The van der Waals surface area contributed by atoms with E-state index in [9.17, 15) is 9.59 Å². The molecule has 0 bridgehead atoms. The summed E-state index contributed by atoms with van der Waals surface area (Å²) < 4.78 is 5.46. The van der Waals surface area contributed by atoms with E-state index in [0.29, 0.717) is 18.9 Å². The molecule has 0 aliphatic carbocycles. The molecule has 2 amide bonds.